The smallest absolute Gasteiger partial charge is 0.308 e. The van der Waals surface area contributed by atoms with Crippen LogP contribution in [0.3, 0.4) is 0 Å². The van der Waals surface area contributed by atoms with Gasteiger partial charge < -0.3 is 15.5 Å². The molecule has 1 saturated carbocycles. The van der Waals surface area contributed by atoms with Gasteiger partial charge in [-0.1, -0.05) is 12.8 Å². The molecule has 6 nitrogen and oxygen atoms in total. The normalized spacial score (nSPS) is 24.0. The lowest BCUT2D eigenvalue weighted by Gasteiger charge is -2.29. The maximum Gasteiger partial charge on any atom is 0.308 e. The number of amides is 1. The minimum absolute atomic E-state index is 0.0990. The Morgan fingerprint density at radius 2 is 1.71 bits per heavy atom. The number of hydrogen-bond donors (Lipinski definition) is 3. The van der Waals surface area contributed by atoms with Gasteiger partial charge in [0.15, 0.2) is 0 Å². The second-order valence-corrected chi connectivity index (χ2v) is 4.30. The zero-order valence-corrected chi connectivity index (χ0v) is 9.52. The number of hydrogen-bond acceptors (Lipinski definition) is 3. The van der Waals surface area contributed by atoms with Crippen molar-refractivity contribution in [2.75, 3.05) is 0 Å². The largest absolute Gasteiger partial charge is 0.481 e. The highest BCUT2D eigenvalue weighted by Crippen LogP contribution is 2.24. The standard InChI is InChI=1S/C11H17NO5/c13-9(5-6-10(14)15)12-8-4-2-1-3-7(8)11(16)17/h7-8H,1-6H2,(H,12,13)(H,14,15)(H,16,17)/t7-,8-/m1/s1. The minimum Gasteiger partial charge on any atom is -0.481 e. The topological polar surface area (TPSA) is 104 Å². The summed E-state index contributed by atoms with van der Waals surface area (Å²) >= 11 is 0. The lowest BCUT2D eigenvalue weighted by molar-refractivity contribution is -0.144. The molecule has 0 unspecified atom stereocenters. The summed E-state index contributed by atoms with van der Waals surface area (Å²) in [4.78, 5) is 32.7. The maximum atomic E-state index is 11.4. The van der Waals surface area contributed by atoms with Crippen molar-refractivity contribution >= 4 is 17.8 Å². The first-order valence-electron chi connectivity index (χ1n) is 5.74. The Morgan fingerprint density at radius 3 is 2.29 bits per heavy atom. The van der Waals surface area contributed by atoms with Gasteiger partial charge in [-0.15, -0.1) is 0 Å². The average molecular weight is 243 g/mol. The van der Waals surface area contributed by atoms with E-state index in [9.17, 15) is 14.4 Å². The van der Waals surface area contributed by atoms with E-state index in [1.807, 2.05) is 0 Å². The van der Waals surface area contributed by atoms with Gasteiger partial charge in [0.25, 0.3) is 0 Å². The van der Waals surface area contributed by atoms with Crippen molar-refractivity contribution in [2.24, 2.45) is 5.92 Å². The molecule has 0 heterocycles. The zero-order chi connectivity index (χ0) is 12.8. The molecule has 17 heavy (non-hydrogen) atoms. The van der Waals surface area contributed by atoms with E-state index < -0.39 is 17.9 Å². The Labute approximate surface area is 99.0 Å². The maximum absolute atomic E-state index is 11.4. The first-order valence-corrected chi connectivity index (χ1v) is 5.74. The van der Waals surface area contributed by atoms with Gasteiger partial charge in [-0.05, 0) is 12.8 Å². The molecule has 6 heteroatoms. The Balaban J connectivity index is 2.44. The summed E-state index contributed by atoms with van der Waals surface area (Å²) in [6, 6.07) is -0.359. The molecule has 1 rings (SSSR count). The number of aliphatic carboxylic acids is 2. The number of rotatable bonds is 5. The fourth-order valence-corrected chi connectivity index (χ4v) is 2.10. The van der Waals surface area contributed by atoms with Crippen molar-refractivity contribution in [3.63, 3.8) is 0 Å². The van der Waals surface area contributed by atoms with E-state index in [1.165, 1.54) is 0 Å². The van der Waals surface area contributed by atoms with Crippen molar-refractivity contribution in [1.82, 2.24) is 5.32 Å². The van der Waals surface area contributed by atoms with Crippen LogP contribution in [0, 0.1) is 5.92 Å². The van der Waals surface area contributed by atoms with E-state index in [-0.39, 0.29) is 24.8 Å². The summed E-state index contributed by atoms with van der Waals surface area (Å²) in [6.45, 7) is 0. The molecule has 1 aliphatic carbocycles. The molecule has 0 saturated heterocycles. The van der Waals surface area contributed by atoms with Gasteiger partial charge in [0, 0.05) is 12.5 Å². The second-order valence-electron chi connectivity index (χ2n) is 4.30. The molecule has 0 aliphatic heterocycles. The molecule has 0 aromatic heterocycles. The molecule has 1 amide bonds. The predicted molar refractivity (Wildman–Crippen MR) is 58.4 cm³/mol. The van der Waals surface area contributed by atoms with E-state index in [0.717, 1.165) is 12.8 Å². The molecule has 96 valence electrons. The number of carbonyl (C=O) groups excluding carboxylic acids is 1. The van der Waals surface area contributed by atoms with E-state index in [0.29, 0.717) is 12.8 Å². The average Bonchev–Trinajstić information content (AvgIpc) is 2.27. The third kappa shape index (κ3) is 4.42. The van der Waals surface area contributed by atoms with Gasteiger partial charge >= 0.3 is 11.9 Å². The summed E-state index contributed by atoms with van der Waals surface area (Å²) in [6.07, 6.45) is 2.65. The zero-order valence-electron chi connectivity index (χ0n) is 9.52. The highest BCUT2D eigenvalue weighted by molar-refractivity contribution is 5.81. The van der Waals surface area contributed by atoms with Crippen molar-refractivity contribution < 1.29 is 24.6 Å². The van der Waals surface area contributed by atoms with Crippen LogP contribution < -0.4 is 5.32 Å². The number of nitrogens with one attached hydrogen (secondary N) is 1. The summed E-state index contributed by atoms with van der Waals surface area (Å²) in [5.74, 6) is -2.85. The van der Waals surface area contributed by atoms with Crippen molar-refractivity contribution in [2.45, 2.75) is 44.6 Å². The Kier molecular flexibility index (Phi) is 4.93. The van der Waals surface area contributed by atoms with E-state index in [1.54, 1.807) is 0 Å². The third-order valence-electron chi connectivity index (χ3n) is 3.00. The van der Waals surface area contributed by atoms with E-state index in [4.69, 9.17) is 10.2 Å². The highest BCUT2D eigenvalue weighted by Gasteiger charge is 2.31. The van der Waals surface area contributed by atoms with Gasteiger partial charge in [0.2, 0.25) is 5.91 Å². The summed E-state index contributed by atoms with van der Waals surface area (Å²) in [7, 11) is 0. The van der Waals surface area contributed by atoms with Gasteiger partial charge in [-0.3, -0.25) is 14.4 Å². The quantitative estimate of drug-likeness (QED) is 0.656. The van der Waals surface area contributed by atoms with Crippen molar-refractivity contribution in [3.05, 3.63) is 0 Å². The SMILES string of the molecule is O=C(O)CCC(=O)N[C@@H]1CCCC[C@H]1C(=O)O. The molecule has 1 aliphatic rings. The van der Waals surface area contributed by atoms with Crippen LogP contribution in [0.25, 0.3) is 0 Å². The van der Waals surface area contributed by atoms with Crippen LogP contribution in [0.1, 0.15) is 38.5 Å². The number of carbonyl (C=O) groups is 3. The summed E-state index contributed by atoms with van der Waals surface area (Å²) < 4.78 is 0. The van der Waals surface area contributed by atoms with Crippen molar-refractivity contribution in [1.29, 1.82) is 0 Å². The van der Waals surface area contributed by atoms with Crippen LogP contribution in [0.2, 0.25) is 0 Å². The number of carboxylic acid groups (broad SMARTS) is 2. The Hall–Kier alpha value is -1.59. The van der Waals surface area contributed by atoms with Gasteiger partial charge in [-0.25, -0.2) is 0 Å². The van der Waals surface area contributed by atoms with E-state index >= 15 is 0 Å². The molecule has 2 atom stereocenters. The van der Waals surface area contributed by atoms with Gasteiger partial charge in [0.05, 0.1) is 12.3 Å². The summed E-state index contributed by atoms with van der Waals surface area (Å²) in [5.41, 5.74) is 0. The molecular weight excluding hydrogens is 226 g/mol. The molecular formula is C11H17NO5. The molecule has 1 fully saturated rings. The Bertz CT molecular complexity index is 315. The minimum atomic E-state index is -1.03. The van der Waals surface area contributed by atoms with Crippen LogP contribution in [0.15, 0.2) is 0 Å². The van der Waals surface area contributed by atoms with Crippen LogP contribution in [0.5, 0.6) is 0 Å². The highest BCUT2D eigenvalue weighted by atomic mass is 16.4. The van der Waals surface area contributed by atoms with Crippen LogP contribution in [0.4, 0.5) is 0 Å². The molecule has 3 N–H and O–H groups in total. The fraction of sp³-hybridized carbons (Fsp3) is 0.727. The predicted octanol–water partition coefficient (Wildman–Crippen LogP) is 0.611. The van der Waals surface area contributed by atoms with Gasteiger partial charge in [-0.2, -0.15) is 0 Å². The molecule has 0 radical (unpaired) electrons. The van der Waals surface area contributed by atoms with Crippen LogP contribution in [-0.4, -0.2) is 34.1 Å². The Morgan fingerprint density at radius 1 is 1.06 bits per heavy atom. The molecule has 0 spiro atoms. The van der Waals surface area contributed by atoms with Gasteiger partial charge in [0.1, 0.15) is 0 Å². The lowest BCUT2D eigenvalue weighted by Crippen LogP contribution is -2.45. The lowest BCUT2D eigenvalue weighted by atomic mass is 9.84. The molecule has 0 aromatic rings. The first kappa shape index (κ1) is 13.5. The second kappa shape index (κ2) is 6.22. The number of carboxylic acids is 2. The molecule has 0 aromatic carbocycles. The van der Waals surface area contributed by atoms with Crippen molar-refractivity contribution in [3.8, 4) is 0 Å². The fourth-order valence-electron chi connectivity index (χ4n) is 2.10. The first-order chi connectivity index (χ1) is 8.00. The van der Waals surface area contributed by atoms with Crippen LogP contribution in [-0.2, 0) is 14.4 Å². The molecule has 0 bridgehead atoms. The van der Waals surface area contributed by atoms with Crippen LogP contribution >= 0.6 is 0 Å². The van der Waals surface area contributed by atoms with E-state index in [2.05, 4.69) is 5.32 Å². The third-order valence-corrected chi connectivity index (χ3v) is 3.00. The monoisotopic (exact) mass is 243 g/mol. The summed E-state index contributed by atoms with van der Waals surface area (Å²) in [5, 5.41) is 20.1.